The first-order valence-corrected chi connectivity index (χ1v) is 6.73. The second-order valence-corrected chi connectivity index (χ2v) is 5.42. The second kappa shape index (κ2) is 5.01. The Morgan fingerprint density at radius 1 is 1.40 bits per heavy atom. The zero-order valence-electron chi connectivity index (χ0n) is 9.16. The molecule has 15 heavy (non-hydrogen) atoms. The lowest BCUT2D eigenvalue weighted by Crippen LogP contribution is -2.25. The van der Waals surface area contributed by atoms with Gasteiger partial charge in [-0.3, -0.25) is 9.79 Å². The van der Waals surface area contributed by atoms with E-state index in [1.54, 1.807) is 11.8 Å². The van der Waals surface area contributed by atoms with Gasteiger partial charge in [0.15, 0.2) is 5.17 Å². The number of nitrogens with zero attached hydrogens (tertiary/aromatic N) is 1. The molecule has 2 rings (SSSR count). The summed E-state index contributed by atoms with van der Waals surface area (Å²) in [5.74, 6) is 0.136. The van der Waals surface area contributed by atoms with E-state index in [-0.39, 0.29) is 11.2 Å². The van der Waals surface area contributed by atoms with Gasteiger partial charge in [0.25, 0.3) is 0 Å². The number of aliphatic imine (C=N–C) groups is 1. The quantitative estimate of drug-likeness (QED) is 0.785. The van der Waals surface area contributed by atoms with Crippen LogP contribution in [0.1, 0.15) is 45.4 Å². The number of nitrogens with one attached hydrogen (secondary N) is 1. The van der Waals surface area contributed by atoms with E-state index in [0.29, 0.717) is 6.04 Å². The Kier molecular flexibility index (Phi) is 3.67. The molecule has 0 aromatic carbocycles. The first-order valence-electron chi connectivity index (χ1n) is 5.85. The number of rotatable bonds is 2. The molecule has 1 unspecified atom stereocenters. The highest BCUT2D eigenvalue weighted by molar-refractivity contribution is 8.15. The molecular formula is C11H18N2OS. The molecule has 0 radical (unpaired) electrons. The molecule has 1 heterocycles. The zero-order valence-corrected chi connectivity index (χ0v) is 9.98. The van der Waals surface area contributed by atoms with Gasteiger partial charge in [-0.2, -0.15) is 0 Å². The molecule has 1 amide bonds. The van der Waals surface area contributed by atoms with E-state index < -0.39 is 0 Å². The summed E-state index contributed by atoms with van der Waals surface area (Å²) in [7, 11) is 0. The van der Waals surface area contributed by atoms with Gasteiger partial charge in [0, 0.05) is 0 Å². The standard InChI is InChI=1S/C11H18N2OS/c1-2-9-10(14)13-11(15-9)12-8-6-4-3-5-7-8/h8-9H,2-7H2,1H3,(H,12,13,14). The summed E-state index contributed by atoms with van der Waals surface area (Å²) >= 11 is 1.60. The first-order chi connectivity index (χ1) is 7.29. The van der Waals surface area contributed by atoms with Crippen molar-refractivity contribution >= 4 is 22.8 Å². The summed E-state index contributed by atoms with van der Waals surface area (Å²) in [4.78, 5) is 16.1. The van der Waals surface area contributed by atoms with Gasteiger partial charge in [-0.05, 0) is 19.3 Å². The van der Waals surface area contributed by atoms with Gasteiger partial charge in [-0.1, -0.05) is 37.9 Å². The fourth-order valence-electron chi connectivity index (χ4n) is 2.11. The summed E-state index contributed by atoms with van der Waals surface area (Å²) in [6.07, 6.45) is 7.20. The normalized spacial score (nSPS) is 30.9. The summed E-state index contributed by atoms with van der Waals surface area (Å²) < 4.78 is 0. The average molecular weight is 226 g/mol. The minimum Gasteiger partial charge on any atom is -0.304 e. The molecule has 4 heteroatoms. The van der Waals surface area contributed by atoms with Crippen LogP contribution in [0.2, 0.25) is 0 Å². The molecule has 84 valence electrons. The van der Waals surface area contributed by atoms with Crippen molar-refractivity contribution in [1.29, 1.82) is 0 Å². The highest BCUT2D eigenvalue weighted by Gasteiger charge is 2.29. The molecule has 0 bridgehead atoms. The van der Waals surface area contributed by atoms with E-state index in [9.17, 15) is 4.79 Å². The number of carbonyl (C=O) groups is 1. The predicted molar refractivity (Wildman–Crippen MR) is 64.1 cm³/mol. The minimum atomic E-state index is 0.0901. The molecule has 1 saturated heterocycles. The lowest BCUT2D eigenvalue weighted by atomic mass is 9.96. The number of thioether (sulfide) groups is 1. The van der Waals surface area contributed by atoms with Gasteiger partial charge in [-0.15, -0.1) is 0 Å². The van der Waals surface area contributed by atoms with E-state index in [2.05, 4.69) is 10.3 Å². The van der Waals surface area contributed by atoms with Crippen LogP contribution in [0.5, 0.6) is 0 Å². The van der Waals surface area contributed by atoms with Gasteiger partial charge in [0.05, 0.1) is 11.3 Å². The third kappa shape index (κ3) is 2.74. The number of amides is 1. The van der Waals surface area contributed by atoms with Gasteiger partial charge in [0.1, 0.15) is 0 Å². The fraction of sp³-hybridized carbons (Fsp3) is 0.818. The van der Waals surface area contributed by atoms with Crippen LogP contribution in [0.3, 0.4) is 0 Å². The zero-order chi connectivity index (χ0) is 10.7. The van der Waals surface area contributed by atoms with Gasteiger partial charge >= 0.3 is 0 Å². The number of carbonyl (C=O) groups excluding carboxylic acids is 1. The van der Waals surface area contributed by atoms with Crippen LogP contribution < -0.4 is 5.32 Å². The lowest BCUT2D eigenvalue weighted by Gasteiger charge is -2.17. The Labute approximate surface area is 95.1 Å². The van der Waals surface area contributed by atoms with Crippen molar-refractivity contribution in [3.63, 3.8) is 0 Å². The van der Waals surface area contributed by atoms with E-state index >= 15 is 0 Å². The van der Waals surface area contributed by atoms with Crippen LogP contribution in [0.4, 0.5) is 0 Å². The van der Waals surface area contributed by atoms with Crippen molar-refractivity contribution in [3.05, 3.63) is 0 Å². The highest BCUT2D eigenvalue weighted by Crippen LogP contribution is 2.25. The van der Waals surface area contributed by atoms with Gasteiger partial charge < -0.3 is 5.32 Å². The fourth-order valence-corrected chi connectivity index (χ4v) is 3.08. The van der Waals surface area contributed by atoms with E-state index in [1.807, 2.05) is 6.92 Å². The van der Waals surface area contributed by atoms with Gasteiger partial charge in [0.2, 0.25) is 5.91 Å². The molecule has 1 N–H and O–H groups in total. The Morgan fingerprint density at radius 2 is 2.13 bits per heavy atom. The van der Waals surface area contributed by atoms with Crippen LogP contribution in [-0.2, 0) is 4.79 Å². The monoisotopic (exact) mass is 226 g/mol. The predicted octanol–water partition coefficient (Wildman–Crippen LogP) is 2.32. The molecule has 1 saturated carbocycles. The molecule has 2 fully saturated rings. The lowest BCUT2D eigenvalue weighted by molar-refractivity contribution is -0.118. The molecule has 0 aromatic heterocycles. The third-order valence-electron chi connectivity index (χ3n) is 3.02. The maximum Gasteiger partial charge on any atom is 0.239 e. The van der Waals surface area contributed by atoms with E-state index in [0.717, 1.165) is 11.6 Å². The maximum atomic E-state index is 11.4. The maximum absolute atomic E-state index is 11.4. The number of hydrogen-bond donors (Lipinski definition) is 1. The van der Waals surface area contributed by atoms with Crippen molar-refractivity contribution in [1.82, 2.24) is 5.32 Å². The molecule has 3 nitrogen and oxygen atoms in total. The minimum absolute atomic E-state index is 0.0901. The van der Waals surface area contributed by atoms with Crippen LogP contribution in [-0.4, -0.2) is 22.4 Å². The Hall–Kier alpha value is -0.510. The topological polar surface area (TPSA) is 41.5 Å². The first kappa shape index (κ1) is 11.0. The van der Waals surface area contributed by atoms with Gasteiger partial charge in [-0.25, -0.2) is 0 Å². The molecule has 2 aliphatic rings. The summed E-state index contributed by atoms with van der Waals surface area (Å²) in [6.45, 7) is 2.04. The van der Waals surface area contributed by atoms with Crippen molar-refractivity contribution in [3.8, 4) is 0 Å². The molecule has 0 spiro atoms. The highest BCUT2D eigenvalue weighted by atomic mass is 32.2. The van der Waals surface area contributed by atoms with E-state index in [1.165, 1.54) is 32.1 Å². The molecule has 1 atom stereocenters. The Balaban J connectivity index is 1.93. The van der Waals surface area contributed by atoms with Crippen LogP contribution in [0, 0.1) is 0 Å². The summed E-state index contributed by atoms with van der Waals surface area (Å²) in [5, 5.41) is 3.83. The summed E-state index contributed by atoms with van der Waals surface area (Å²) in [6, 6.07) is 0.456. The number of hydrogen-bond acceptors (Lipinski definition) is 3. The second-order valence-electron chi connectivity index (χ2n) is 4.23. The van der Waals surface area contributed by atoms with Crippen LogP contribution in [0.15, 0.2) is 4.99 Å². The number of amidine groups is 1. The Morgan fingerprint density at radius 3 is 2.73 bits per heavy atom. The van der Waals surface area contributed by atoms with Crippen molar-refractivity contribution in [2.45, 2.75) is 56.7 Å². The molecule has 1 aliphatic carbocycles. The molecule has 0 aromatic rings. The molecular weight excluding hydrogens is 208 g/mol. The largest absolute Gasteiger partial charge is 0.304 e. The van der Waals surface area contributed by atoms with Crippen molar-refractivity contribution in [2.75, 3.05) is 0 Å². The molecule has 1 aliphatic heterocycles. The summed E-state index contributed by atoms with van der Waals surface area (Å²) in [5.41, 5.74) is 0. The smallest absolute Gasteiger partial charge is 0.239 e. The Bertz CT molecular complexity index is 272. The van der Waals surface area contributed by atoms with Crippen LogP contribution >= 0.6 is 11.8 Å². The van der Waals surface area contributed by atoms with E-state index in [4.69, 9.17) is 0 Å². The van der Waals surface area contributed by atoms with Crippen LogP contribution in [0.25, 0.3) is 0 Å². The van der Waals surface area contributed by atoms with Crippen molar-refractivity contribution in [2.24, 2.45) is 4.99 Å². The SMILES string of the molecule is CCC1SC(=NC2CCCCC2)NC1=O. The average Bonchev–Trinajstić information content (AvgIpc) is 2.60. The van der Waals surface area contributed by atoms with Crippen molar-refractivity contribution < 1.29 is 4.79 Å². The third-order valence-corrected chi connectivity index (χ3v) is 4.28.